The third-order valence-electron chi connectivity index (χ3n) is 2.74. The number of rotatable bonds is 2. The van der Waals surface area contributed by atoms with Crippen molar-refractivity contribution in [1.82, 2.24) is 0 Å². The van der Waals surface area contributed by atoms with Gasteiger partial charge in [0.25, 0.3) is 0 Å². The van der Waals surface area contributed by atoms with Crippen molar-refractivity contribution in [3.05, 3.63) is 0 Å². The lowest BCUT2D eigenvalue weighted by atomic mass is 9.91. The molecule has 0 bridgehead atoms. The van der Waals surface area contributed by atoms with Crippen LogP contribution in [0.5, 0.6) is 0 Å². The summed E-state index contributed by atoms with van der Waals surface area (Å²) >= 11 is 0. The van der Waals surface area contributed by atoms with Crippen LogP contribution in [-0.2, 0) is 4.79 Å². The molecule has 0 aliphatic heterocycles. The van der Waals surface area contributed by atoms with Crippen LogP contribution in [0.15, 0.2) is 0 Å². The maximum atomic E-state index is 11.4. The molecule has 1 aliphatic carbocycles. The highest BCUT2D eigenvalue weighted by atomic mass is 16.3. The van der Waals surface area contributed by atoms with E-state index in [-0.39, 0.29) is 24.4 Å². The topological polar surface area (TPSA) is 37.3 Å². The van der Waals surface area contributed by atoms with E-state index in [1.54, 1.807) is 0 Å². The van der Waals surface area contributed by atoms with E-state index in [0.29, 0.717) is 5.78 Å². The zero-order valence-corrected chi connectivity index (χ0v) is 7.21. The van der Waals surface area contributed by atoms with Gasteiger partial charge in [-0.15, -0.1) is 0 Å². The minimum absolute atomic E-state index is 0.134. The van der Waals surface area contributed by atoms with Crippen molar-refractivity contribution in [2.75, 3.05) is 6.61 Å². The van der Waals surface area contributed by atoms with Crippen LogP contribution in [-0.4, -0.2) is 17.5 Å². The van der Waals surface area contributed by atoms with Gasteiger partial charge in [-0.1, -0.05) is 13.8 Å². The van der Waals surface area contributed by atoms with Crippen molar-refractivity contribution >= 4 is 5.78 Å². The summed E-state index contributed by atoms with van der Waals surface area (Å²) in [4.78, 5) is 11.4. The fourth-order valence-corrected chi connectivity index (χ4v) is 1.77. The maximum Gasteiger partial charge on any atom is 0.139 e. The minimum Gasteiger partial charge on any atom is -0.396 e. The molecule has 1 N–H and O–H groups in total. The Labute approximate surface area is 67.6 Å². The molecule has 0 aromatic rings. The van der Waals surface area contributed by atoms with Gasteiger partial charge in [0.15, 0.2) is 0 Å². The molecule has 3 atom stereocenters. The first-order chi connectivity index (χ1) is 5.16. The molecular formula is C9H16O2. The number of hydrogen-bond donors (Lipinski definition) is 1. The lowest BCUT2D eigenvalue weighted by Gasteiger charge is -2.14. The average Bonchev–Trinajstić information content (AvgIpc) is 2.32. The Bertz CT molecular complexity index is 154. The molecule has 0 aromatic heterocycles. The third-order valence-corrected chi connectivity index (χ3v) is 2.74. The lowest BCUT2D eigenvalue weighted by Crippen LogP contribution is -2.21. The summed E-state index contributed by atoms with van der Waals surface area (Å²) < 4.78 is 0. The van der Waals surface area contributed by atoms with E-state index < -0.39 is 0 Å². The molecule has 2 heteroatoms. The van der Waals surface area contributed by atoms with Crippen LogP contribution in [0.3, 0.4) is 0 Å². The van der Waals surface area contributed by atoms with Gasteiger partial charge in [0.2, 0.25) is 0 Å². The Morgan fingerprint density at radius 1 is 1.64 bits per heavy atom. The molecule has 0 spiro atoms. The Morgan fingerprint density at radius 3 is 2.64 bits per heavy atom. The second-order valence-electron chi connectivity index (χ2n) is 3.65. The Morgan fingerprint density at radius 2 is 2.27 bits per heavy atom. The van der Waals surface area contributed by atoms with Crippen molar-refractivity contribution in [3.8, 4) is 0 Å². The van der Waals surface area contributed by atoms with Crippen LogP contribution < -0.4 is 0 Å². The second-order valence-corrected chi connectivity index (χ2v) is 3.65. The Kier molecular flexibility index (Phi) is 2.66. The summed E-state index contributed by atoms with van der Waals surface area (Å²) in [7, 11) is 0. The van der Waals surface area contributed by atoms with E-state index in [1.165, 1.54) is 0 Å². The van der Waals surface area contributed by atoms with Gasteiger partial charge in [0, 0.05) is 18.4 Å². The molecule has 1 rings (SSSR count). The monoisotopic (exact) mass is 156 g/mol. The summed E-state index contributed by atoms with van der Waals surface area (Å²) in [5.74, 6) is 0.878. The molecular weight excluding hydrogens is 140 g/mol. The van der Waals surface area contributed by atoms with E-state index in [1.807, 2.05) is 13.8 Å². The Balaban J connectivity index is 2.54. The van der Waals surface area contributed by atoms with Gasteiger partial charge in [0.05, 0.1) is 0 Å². The zero-order chi connectivity index (χ0) is 8.43. The summed E-state index contributed by atoms with van der Waals surface area (Å²) in [6.45, 7) is 4.07. The van der Waals surface area contributed by atoms with Crippen LogP contribution in [0.4, 0.5) is 0 Å². The molecule has 0 heterocycles. The molecule has 64 valence electrons. The highest BCUT2D eigenvalue weighted by Gasteiger charge is 2.34. The molecule has 3 unspecified atom stereocenters. The first kappa shape index (κ1) is 8.72. The molecule has 0 saturated heterocycles. The van der Waals surface area contributed by atoms with Gasteiger partial charge >= 0.3 is 0 Å². The Hall–Kier alpha value is -0.370. The number of aliphatic hydroxyl groups excluding tert-OH is 1. The number of aliphatic hydroxyl groups is 1. The molecule has 0 aromatic carbocycles. The molecule has 1 aliphatic rings. The van der Waals surface area contributed by atoms with E-state index in [9.17, 15) is 4.79 Å². The molecule has 2 nitrogen and oxygen atoms in total. The standard InChI is InChI=1S/C9H16O2/c1-6-3-4-8(9(6)11)7(2)5-10/h6-8,10H,3-5H2,1-2H3. The summed E-state index contributed by atoms with van der Waals surface area (Å²) in [6.07, 6.45) is 1.98. The van der Waals surface area contributed by atoms with Crippen LogP contribution in [0.2, 0.25) is 0 Å². The van der Waals surface area contributed by atoms with Crippen LogP contribution >= 0.6 is 0 Å². The van der Waals surface area contributed by atoms with Gasteiger partial charge in [-0.2, -0.15) is 0 Å². The number of carbonyl (C=O) groups is 1. The largest absolute Gasteiger partial charge is 0.396 e. The average molecular weight is 156 g/mol. The molecule has 11 heavy (non-hydrogen) atoms. The lowest BCUT2D eigenvalue weighted by molar-refractivity contribution is -0.125. The number of ketones is 1. The first-order valence-electron chi connectivity index (χ1n) is 4.31. The highest BCUT2D eigenvalue weighted by Crippen LogP contribution is 2.31. The molecule has 0 amide bonds. The van der Waals surface area contributed by atoms with E-state index in [0.717, 1.165) is 12.8 Å². The minimum atomic E-state index is 0.134. The fraction of sp³-hybridized carbons (Fsp3) is 0.889. The van der Waals surface area contributed by atoms with Crippen molar-refractivity contribution in [3.63, 3.8) is 0 Å². The van der Waals surface area contributed by atoms with Gasteiger partial charge in [-0.05, 0) is 18.8 Å². The van der Waals surface area contributed by atoms with E-state index >= 15 is 0 Å². The van der Waals surface area contributed by atoms with Crippen molar-refractivity contribution in [1.29, 1.82) is 0 Å². The quantitative estimate of drug-likeness (QED) is 0.653. The van der Waals surface area contributed by atoms with Gasteiger partial charge in [-0.25, -0.2) is 0 Å². The van der Waals surface area contributed by atoms with Crippen molar-refractivity contribution in [2.24, 2.45) is 17.8 Å². The zero-order valence-electron chi connectivity index (χ0n) is 7.21. The highest BCUT2D eigenvalue weighted by molar-refractivity contribution is 5.85. The molecule has 1 saturated carbocycles. The fourth-order valence-electron chi connectivity index (χ4n) is 1.77. The predicted octanol–water partition coefficient (Wildman–Crippen LogP) is 1.23. The van der Waals surface area contributed by atoms with Gasteiger partial charge in [0.1, 0.15) is 5.78 Å². The molecule has 1 fully saturated rings. The SMILES string of the molecule is CC1CCC(C(C)CO)C1=O. The number of Topliss-reactive ketones (excluding diaryl/α,β-unsaturated/α-hetero) is 1. The van der Waals surface area contributed by atoms with Crippen molar-refractivity contribution in [2.45, 2.75) is 26.7 Å². The van der Waals surface area contributed by atoms with E-state index in [2.05, 4.69) is 0 Å². The predicted molar refractivity (Wildman–Crippen MR) is 43.1 cm³/mol. The second kappa shape index (κ2) is 3.35. The number of hydrogen-bond acceptors (Lipinski definition) is 2. The number of carbonyl (C=O) groups excluding carboxylic acids is 1. The van der Waals surface area contributed by atoms with Gasteiger partial charge in [-0.3, -0.25) is 4.79 Å². The third kappa shape index (κ3) is 1.62. The summed E-state index contributed by atoms with van der Waals surface area (Å²) in [5, 5.41) is 8.85. The maximum absolute atomic E-state index is 11.4. The normalized spacial score (nSPS) is 34.3. The van der Waals surface area contributed by atoms with Crippen LogP contribution in [0.25, 0.3) is 0 Å². The van der Waals surface area contributed by atoms with Gasteiger partial charge < -0.3 is 5.11 Å². The summed E-state index contributed by atoms with van der Waals surface area (Å²) in [5.41, 5.74) is 0. The molecule has 0 radical (unpaired) electrons. The van der Waals surface area contributed by atoms with E-state index in [4.69, 9.17) is 5.11 Å². The first-order valence-corrected chi connectivity index (χ1v) is 4.31. The van der Waals surface area contributed by atoms with Crippen LogP contribution in [0.1, 0.15) is 26.7 Å². The summed E-state index contributed by atoms with van der Waals surface area (Å²) in [6, 6.07) is 0. The van der Waals surface area contributed by atoms with Crippen LogP contribution in [0, 0.1) is 17.8 Å². The van der Waals surface area contributed by atoms with Crippen molar-refractivity contribution < 1.29 is 9.90 Å². The smallest absolute Gasteiger partial charge is 0.139 e.